The van der Waals surface area contributed by atoms with Crippen LogP contribution in [0.5, 0.6) is 0 Å². The quantitative estimate of drug-likeness (QED) is 0.216. The predicted octanol–water partition coefficient (Wildman–Crippen LogP) is 11.0. The summed E-state index contributed by atoms with van der Waals surface area (Å²) in [5, 5.41) is 11.7. The van der Waals surface area contributed by atoms with Crippen molar-refractivity contribution in [3.05, 3.63) is 157 Å². The standard InChI is InChI=1S/C41H27N3S/c1-2-11-27(12-3-1)43-33-17-7-4-14-29(33)40-35(43)22-23-36-41(40)30-15-5-8-18-34(30)44(36)39-20-10-16-32(42-39)26-21-24-38-31(25-26)28-13-6-9-19-37(28)45-38/h1-25,39,42H. The summed E-state index contributed by atoms with van der Waals surface area (Å²) in [5.41, 5.74) is 8.40. The van der Waals surface area contributed by atoms with Crippen LogP contribution in [0, 0.1) is 0 Å². The van der Waals surface area contributed by atoms with Crippen LogP contribution in [-0.4, -0.2) is 9.13 Å². The first-order valence-corrected chi connectivity index (χ1v) is 16.2. The van der Waals surface area contributed by atoms with Crippen molar-refractivity contribution in [2.75, 3.05) is 0 Å². The van der Waals surface area contributed by atoms with E-state index in [2.05, 4.69) is 166 Å². The van der Waals surface area contributed by atoms with Gasteiger partial charge in [0.15, 0.2) is 0 Å². The molecule has 1 aliphatic rings. The Bertz CT molecular complexity index is 2680. The Kier molecular flexibility index (Phi) is 5.22. The second-order valence-electron chi connectivity index (χ2n) is 11.8. The van der Waals surface area contributed by atoms with Gasteiger partial charge in [-0.25, -0.2) is 0 Å². The van der Waals surface area contributed by atoms with Crippen LogP contribution in [0.1, 0.15) is 11.7 Å². The number of fused-ring (bicyclic) bond motifs is 10. The first kappa shape index (κ1) is 24.8. The molecular weight excluding hydrogens is 567 g/mol. The van der Waals surface area contributed by atoms with Crippen molar-refractivity contribution in [3.8, 4) is 5.69 Å². The Morgan fingerprint density at radius 3 is 2.07 bits per heavy atom. The third kappa shape index (κ3) is 3.57. The molecule has 4 heteroatoms. The van der Waals surface area contributed by atoms with Crippen molar-refractivity contribution in [2.45, 2.75) is 6.17 Å². The van der Waals surface area contributed by atoms with Crippen LogP contribution in [0.2, 0.25) is 0 Å². The number of hydrogen-bond donors (Lipinski definition) is 1. The number of hydrogen-bond acceptors (Lipinski definition) is 2. The first-order valence-electron chi connectivity index (χ1n) is 15.4. The molecule has 0 saturated carbocycles. The molecule has 1 N–H and O–H groups in total. The van der Waals surface area contributed by atoms with Gasteiger partial charge in [-0.1, -0.05) is 84.9 Å². The monoisotopic (exact) mass is 593 g/mol. The van der Waals surface area contributed by atoms with Crippen LogP contribution in [0.3, 0.4) is 0 Å². The van der Waals surface area contributed by atoms with E-state index in [0.29, 0.717) is 0 Å². The maximum absolute atomic E-state index is 3.91. The SMILES string of the molecule is C1=CC(n2c3ccccc3c3c4c5ccccc5n(-c5ccccc5)c4ccc32)NC(c2ccc3sc4ccccc4c3c2)=C1. The van der Waals surface area contributed by atoms with Crippen molar-refractivity contribution in [2.24, 2.45) is 0 Å². The summed E-state index contributed by atoms with van der Waals surface area (Å²) in [5.74, 6) is 0. The molecule has 4 heterocycles. The van der Waals surface area contributed by atoms with E-state index in [1.807, 2.05) is 11.3 Å². The predicted molar refractivity (Wildman–Crippen MR) is 192 cm³/mol. The van der Waals surface area contributed by atoms with E-state index in [4.69, 9.17) is 0 Å². The molecule has 0 aliphatic carbocycles. The normalized spacial score (nSPS) is 15.1. The average Bonchev–Trinajstić information content (AvgIpc) is 3.76. The number of nitrogens with zero attached hydrogens (tertiary/aromatic N) is 2. The van der Waals surface area contributed by atoms with Gasteiger partial charge in [0, 0.05) is 53.1 Å². The lowest BCUT2D eigenvalue weighted by atomic mass is 10.0. The molecule has 0 saturated heterocycles. The van der Waals surface area contributed by atoms with Gasteiger partial charge in [0.05, 0.1) is 22.1 Å². The Balaban J connectivity index is 1.17. The summed E-state index contributed by atoms with van der Waals surface area (Å²) < 4.78 is 7.53. The third-order valence-electron chi connectivity index (χ3n) is 9.35. The highest BCUT2D eigenvalue weighted by Crippen LogP contribution is 2.43. The second kappa shape index (κ2) is 9.46. The molecule has 1 unspecified atom stereocenters. The second-order valence-corrected chi connectivity index (χ2v) is 12.9. The van der Waals surface area contributed by atoms with E-state index in [0.717, 1.165) is 5.70 Å². The maximum atomic E-state index is 3.91. The summed E-state index contributed by atoms with van der Waals surface area (Å²) in [7, 11) is 0. The highest BCUT2D eigenvalue weighted by Gasteiger charge is 2.23. The molecule has 1 atom stereocenters. The zero-order chi connectivity index (χ0) is 29.5. The lowest BCUT2D eigenvalue weighted by Gasteiger charge is -2.25. The van der Waals surface area contributed by atoms with Crippen LogP contribution < -0.4 is 5.32 Å². The van der Waals surface area contributed by atoms with Gasteiger partial charge in [0.2, 0.25) is 0 Å². The van der Waals surface area contributed by atoms with Crippen LogP contribution in [0.25, 0.3) is 75.2 Å². The number of thiophene rings is 1. The van der Waals surface area contributed by atoms with E-state index in [1.54, 1.807) is 0 Å². The van der Waals surface area contributed by atoms with Crippen LogP contribution in [0.4, 0.5) is 0 Å². The fraction of sp³-hybridized carbons (Fsp3) is 0.0244. The summed E-state index contributed by atoms with van der Waals surface area (Å²) in [6.45, 7) is 0. The summed E-state index contributed by atoms with van der Waals surface area (Å²) in [6.07, 6.45) is 6.63. The number of rotatable bonds is 3. The molecule has 45 heavy (non-hydrogen) atoms. The Morgan fingerprint density at radius 2 is 1.20 bits per heavy atom. The summed E-state index contributed by atoms with van der Waals surface area (Å²) in [4.78, 5) is 0. The number of aromatic nitrogens is 2. The molecule has 0 fully saturated rings. The molecule has 3 aromatic heterocycles. The molecule has 1 aliphatic heterocycles. The fourth-order valence-electron chi connectivity index (χ4n) is 7.44. The smallest absolute Gasteiger partial charge is 0.123 e. The topological polar surface area (TPSA) is 21.9 Å². The highest BCUT2D eigenvalue weighted by molar-refractivity contribution is 7.25. The van der Waals surface area contributed by atoms with E-state index in [1.165, 1.54) is 75.0 Å². The van der Waals surface area contributed by atoms with Gasteiger partial charge in [-0.3, -0.25) is 0 Å². The van der Waals surface area contributed by atoms with Gasteiger partial charge in [0.25, 0.3) is 0 Å². The molecule has 0 bridgehead atoms. The average molecular weight is 594 g/mol. The summed E-state index contributed by atoms with van der Waals surface area (Å²) in [6, 6.07) is 48.6. The molecule has 212 valence electrons. The minimum atomic E-state index is -0.0396. The number of benzene rings is 6. The van der Waals surface area contributed by atoms with Crippen LogP contribution in [0.15, 0.2) is 152 Å². The van der Waals surface area contributed by atoms with Gasteiger partial charge in [-0.05, 0) is 72.3 Å². The van der Waals surface area contributed by atoms with E-state index in [9.17, 15) is 0 Å². The molecule has 9 aromatic rings. The minimum absolute atomic E-state index is 0.0396. The molecular formula is C41H27N3S. The van der Waals surface area contributed by atoms with Gasteiger partial charge in [-0.15, -0.1) is 11.3 Å². The Hall–Kier alpha value is -5.58. The third-order valence-corrected chi connectivity index (χ3v) is 10.5. The van der Waals surface area contributed by atoms with E-state index < -0.39 is 0 Å². The molecule has 0 spiro atoms. The largest absolute Gasteiger partial charge is 0.361 e. The molecule has 0 amide bonds. The van der Waals surface area contributed by atoms with Crippen molar-refractivity contribution in [1.82, 2.24) is 14.5 Å². The van der Waals surface area contributed by atoms with Crippen LogP contribution in [-0.2, 0) is 0 Å². The Labute approximate surface area is 263 Å². The van der Waals surface area contributed by atoms with Gasteiger partial charge in [0.1, 0.15) is 6.17 Å². The summed E-state index contributed by atoms with van der Waals surface area (Å²) >= 11 is 1.86. The van der Waals surface area contributed by atoms with Gasteiger partial charge < -0.3 is 14.5 Å². The number of para-hydroxylation sites is 3. The lowest BCUT2D eigenvalue weighted by Crippen LogP contribution is -2.25. The van der Waals surface area contributed by atoms with Crippen molar-refractivity contribution >= 4 is 80.8 Å². The maximum Gasteiger partial charge on any atom is 0.123 e. The number of allylic oxidation sites excluding steroid dienone is 2. The molecule has 6 aromatic carbocycles. The van der Waals surface area contributed by atoms with E-state index >= 15 is 0 Å². The molecule has 10 rings (SSSR count). The lowest BCUT2D eigenvalue weighted by molar-refractivity contribution is 0.589. The molecule has 3 nitrogen and oxygen atoms in total. The first-order chi connectivity index (χ1) is 22.3. The van der Waals surface area contributed by atoms with Gasteiger partial charge in [-0.2, -0.15) is 0 Å². The zero-order valence-corrected chi connectivity index (χ0v) is 25.1. The fourth-order valence-corrected chi connectivity index (χ4v) is 8.53. The Morgan fingerprint density at radius 1 is 0.533 bits per heavy atom. The van der Waals surface area contributed by atoms with Crippen LogP contribution >= 0.6 is 11.3 Å². The molecule has 0 radical (unpaired) electrons. The van der Waals surface area contributed by atoms with Crippen molar-refractivity contribution < 1.29 is 0 Å². The number of nitrogens with one attached hydrogen (secondary N) is 1. The minimum Gasteiger partial charge on any atom is -0.361 e. The highest BCUT2D eigenvalue weighted by atomic mass is 32.1. The van der Waals surface area contributed by atoms with Crippen molar-refractivity contribution in [3.63, 3.8) is 0 Å². The van der Waals surface area contributed by atoms with Crippen molar-refractivity contribution in [1.29, 1.82) is 0 Å². The zero-order valence-electron chi connectivity index (χ0n) is 24.3. The van der Waals surface area contributed by atoms with Gasteiger partial charge >= 0.3 is 0 Å². The number of dihydropyridines is 1. The van der Waals surface area contributed by atoms with E-state index in [-0.39, 0.29) is 6.17 Å².